The van der Waals surface area contributed by atoms with E-state index in [2.05, 4.69) is 29.8 Å². The van der Waals surface area contributed by atoms with Crippen LogP contribution in [0.15, 0.2) is 21.7 Å². The third-order valence-electron chi connectivity index (χ3n) is 2.56. The van der Waals surface area contributed by atoms with Gasteiger partial charge in [-0.2, -0.15) is 0 Å². The van der Waals surface area contributed by atoms with Crippen LogP contribution in [0.4, 0.5) is 0 Å². The predicted octanol–water partition coefficient (Wildman–Crippen LogP) is 2.59. The molecular formula is C11H19NOS2. The lowest BCUT2D eigenvalue weighted by molar-refractivity contribution is 0.173. The summed E-state index contributed by atoms with van der Waals surface area (Å²) in [5.74, 6) is 1.12. The number of hydrogen-bond acceptors (Lipinski definition) is 4. The molecule has 1 rings (SSSR count). The highest BCUT2D eigenvalue weighted by Gasteiger charge is 2.19. The summed E-state index contributed by atoms with van der Waals surface area (Å²) in [7, 11) is 1.91. The molecule has 1 heterocycles. The second-order valence-corrected chi connectivity index (χ2v) is 6.20. The molecule has 0 bridgehead atoms. The van der Waals surface area contributed by atoms with Gasteiger partial charge in [-0.1, -0.05) is 6.07 Å². The SMILES string of the molecule is CNC(C)(CO)CCCSc1cccs1. The molecule has 0 saturated heterocycles. The van der Waals surface area contributed by atoms with E-state index in [0.29, 0.717) is 0 Å². The topological polar surface area (TPSA) is 32.3 Å². The van der Waals surface area contributed by atoms with Crippen molar-refractivity contribution in [3.8, 4) is 0 Å². The largest absolute Gasteiger partial charge is 0.394 e. The predicted molar refractivity (Wildman–Crippen MR) is 68.8 cm³/mol. The molecule has 0 amide bonds. The van der Waals surface area contributed by atoms with Gasteiger partial charge in [0.2, 0.25) is 0 Å². The quantitative estimate of drug-likeness (QED) is 0.572. The lowest BCUT2D eigenvalue weighted by atomic mass is 9.98. The summed E-state index contributed by atoms with van der Waals surface area (Å²) in [5.41, 5.74) is -0.115. The molecule has 2 N–H and O–H groups in total. The van der Waals surface area contributed by atoms with Crippen LogP contribution in [-0.2, 0) is 0 Å². The van der Waals surface area contributed by atoms with Crippen molar-refractivity contribution in [2.45, 2.75) is 29.5 Å². The Morgan fingerprint density at radius 3 is 2.93 bits per heavy atom. The Balaban J connectivity index is 2.16. The molecule has 0 spiro atoms. The molecule has 4 heteroatoms. The lowest BCUT2D eigenvalue weighted by Crippen LogP contribution is -2.43. The highest BCUT2D eigenvalue weighted by Crippen LogP contribution is 2.25. The van der Waals surface area contributed by atoms with Crippen molar-refractivity contribution >= 4 is 23.1 Å². The number of aliphatic hydroxyl groups is 1. The van der Waals surface area contributed by atoms with Crippen molar-refractivity contribution in [3.63, 3.8) is 0 Å². The van der Waals surface area contributed by atoms with Crippen molar-refractivity contribution < 1.29 is 5.11 Å². The monoisotopic (exact) mass is 245 g/mol. The molecule has 86 valence electrons. The van der Waals surface area contributed by atoms with Gasteiger partial charge in [-0.15, -0.1) is 23.1 Å². The zero-order valence-electron chi connectivity index (χ0n) is 9.32. The van der Waals surface area contributed by atoms with E-state index in [0.717, 1.165) is 18.6 Å². The van der Waals surface area contributed by atoms with Crippen LogP contribution < -0.4 is 5.32 Å². The Labute approximate surface area is 100 Å². The van der Waals surface area contributed by atoms with Gasteiger partial charge in [-0.3, -0.25) is 0 Å². The number of rotatable bonds is 7. The van der Waals surface area contributed by atoms with Crippen molar-refractivity contribution in [1.82, 2.24) is 5.32 Å². The average molecular weight is 245 g/mol. The van der Waals surface area contributed by atoms with E-state index in [4.69, 9.17) is 0 Å². The average Bonchev–Trinajstić information content (AvgIpc) is 2.77. The number of hydrogen-bond donors (Lipinski definition) is 2. The highest BCUT2D eigenvalue weighted by molar-refractivity contribution is 8.01. The van der Waals surface area contributed by atoms with E-state index in [-0.39, 0.29) is 12.1 Å². The molecule has 1 atom stereocenters. The molecule has 0 aliphatic rings. The second kappa shape index (κ2) is 6.53. The summed E-state index contributed by atoms with van der Waals surface area (Å²) in [4.78, 5) is 0. The standard InChI is InChI=1S/C11H19NOS2/c1-11(9-13,12-2)6-4-8-15-10-5-3-7-14-10/h3,5,7,12-13H,4,6,8-9H2,1-2H3. The number of likely N-dealkylation sites (N-methyl/N-ethyl adjacent to an activating group) is 1. The van der Waals surface area contributed by atoms with Gasteiger partial charge in [0.15, 0.2) is 0 Å². The highest BCUT2D eigenvalue weighted by atomic mass is 32.2. The molecular weight excluding hydrogens is 226 g/mol. The van der Waals surface area contributed by atoms with Crippen molar-refractivity contribution in [2.24, 2.45) is 0 Å². The minimum absolute atomic E-state index is 0.115. The first-order chi connectivity index (χ1) is 7.20. The molecule has 2 nitrogen and oxygen atoms in total. The number of thioether (sulfide) groups is 1. The first-order valence-electron chi connectivity index (χ1n) is 5.16. The van der Waals surface area contributed by atoms with Crippen molar-refractivity contribution in [2.75, 3.05) is 19.4 Å². The molecule has 0 aromatic carbocycles. The van der Waals surface area contributed by atoms with Gasteiger partial charge in [-0.25, -0.2) is 0 Å². The van der Waals surface area contributed by atoms with E-state index >= 15 is 0 Å². The van der Waals surface area contributed by atoms with Gasteiger partial charge >= 0.3 is 0 Å². The van der Waals surface area contributed by atoms with Crippen molar-refractivity contribution in [3.05, 3.63) is 17.5 Å². The normalized spacial score (nSPS) is 15.1. The van der Waals surface area contributed by atoms with Crippen LogP contribution in [-0.4, -0.2) is 30.1 Å². The van der Waals surface area contributed by atoms with E-state index in [1.807, 2.05) is 18.8 Å². The molecule has 0 aliphatic carbocycles. The van der Waals surface area contributed by atoms with Crippen LogP contribution in [0.25, 0.3) is 0 Å². The smallest absolute Gasteiger partial charge is 0.0610 e. The maximum atomic E-state index is 9.20. The summed E-state index contributed by atoms with van der Waals surface area (Å²) < 4.78 is 1.38. The summed E-state index contributed by atoms with van der Waals surface area (Å²) >= 11 is 3.69. The van der Waals surface area contributed by atoms with E-state index in [1.54, 1.807) is 11.3 Å². The summed E-state index contributed by atoms with van der Waals surface area (Å²) in [6.45, 7) is 2.26. The maximum absolute atomic E-state index is 9.20. The van der Waals surface area contributed by atoms with Gasteiger partial charge in [-0.05, 0) is 44.0 Å². The Hall–Kier alpha value is -0.0300. The Bertz CT molecular complexity index is 258. The van der Waals surface area contributed by atoms with Gasteiger partial charge in [0.25, 0.3) is 0 Å². The molecule has 0 aliphatic heterocycles. The minimum Gasteiger partial charge on any atom is -0.394 e. The van der Waals surface area contributed by atoms with Gasteiger partial charge < -0.3 is 10.4 Å². The number of nitrogens with one attached hydrogen (secondary N) is 1. The van der Waals surface area contributed by atoms with Crippen LogP contribution >= 0.6 is 23.1 Å². The Morgan fingerprint density at radius 2 is 2.40 bits per heavy atom. The first kappa shape index (κ1) is 13.0. The zero-order chi connectivity index (χ0) is 11.1. The third kappa shape index (κ3) is 4.55. The minimum atomic E-state index is -0.115. The molecule has 0 radical (unpaired) electrons. The van der Waals surface area contributed by atoms with E-state index in [1.165, 1.54) is 4.21 Å². The van der Waals surface area contributed by atoms with Crippen LogP contribution in [0.5, 0.6) is 0 Å². The first-order valence-corrected chi connectivity index (χ1v) is 7.03. The van der Waals surface area contributed by atoms with Crippen molar-refractivity contribution in [1.29, 1.82) is 0 Å². The van der Waals surface area contributed by atoms with Gasteiger partial charge in [0.05, 0.1) is 10.8 Å². The fourth-order valence-electron chi connectivity index (χ4n) is 1.26. The van der Waals surface area contributed by atoms with Crippen LogP contribution in [0.2, 0.25) is 0 Å². The third-order valence-corrected chi connectivity index (χ3v) is 4.78. The van der Waals surface area contributed by atoms with Gasteiger partial charge in [0.1, 0.15) is 0 Å². The summed E-state index contributed by atoms with van der Waals surface area (Å²) in [6.07, 6.45) is 2.14. The molecule has 1 unspecified atom stereocenters. The molecule has 1 aromatic heterocycles. The molecule has 0 fully saturated rings. The van der Waals surface area contributed by atoms with E-state index in [9.17, 15) is 5.11 Å². The molecule has 1 aromatic rings. The molecule has 15 heavy (non-hydrogen) atoms. The fraction of sp³-hybridized carbons (Fsp3) is 0.636. The number of thiophene rings is 1. The molecule has 0 saturated carbocycles. The number of aliphatic hydroxyl groups excluding tert-OH is 1. The van der Waals surface area contributed by atoms with Crippen LogP contribution in [0.3, 0.4) is 0 Å². The zero-order valence-corrected chi connectivity index (χ0v) is 11.0. The van der Waals surface area contributed by atoms with Gasteiger partial charge in [0, 0.05) is 5.54 Å². The summed E-state index contributed by atoms with van der Waals surface area (Å²) in [5, 5.41) is 14.5. The van der Waals surface area contributed by atoms with E-state index < -0.39 is 0 Å². The van der Waals surface area contributed by atoms with Crippen LogP contribution in [0, 0.1) is 0 Å². The Kier molecular flexibility index (Phi) is 5.68. The second-order valence-electron chi connectivity index (χ2n) is 3.85. The summed E-state index contributed by atoms with van der Waals surface area (Å²) in [6, 6.07) is 4.23. The Morgan fingerprint density at radius 1 is 1.60 bits per heavy atom. The fourth-order valence-corrected chi connectivity index (χ4v) is 3.07. The maximum Gasteiger partial charge on any atom is 0.0610 e. The lowest BCUT2D eigenvalue weighted by Gasteiger charge is -2.26. The van der Waals surface area contributed by atoms with Crippen LogP contribution in [0.1, 0.15) is 19.8 Å².